The molecule has 2 aromatic carbocycles. The number of anilines is 1. The van der Waals surface area contributed by atoms with Gasteiger partial charge in [-0.3, -0.25) is 4.79 Å². The molecule has 0 radical (unpaired) electrons. The standard InChI is InChI=1S/C20H17F2N3O3/c1-2-27-17-6-4-3-5-14(17)20-23-19(24-28-20)12-9-18(26)25(11-12)13-7-8-15(21)16(22)10-13/h3-8,10,12H,2,9,11H2,1H3. The number of hydrogen-bond donors (Lipinski definition) is 0. The van der Waals surface area contributed by atoms with Crippen molar-refractivity contribution < 1.29 is 22.8 Å². The highest BCUT2D eigenvalue weighted by atomic mass is 19.2. The minimum atomic E-state index is -0.997. The van der Waals surface area contributed by atoms with Gasteiger partial charge in [0.05, 0.1) is 12.2 Å². The normalized spacial score (nSPS) is 16.6. The van der Waals surface area contributed by atoms with Crippen molar-refractivity contribution in [1.29, 1.82) is 0 Å². The van der Waals surface area contributed by atoms with Gasteiger partial charge in [-0.2, -0.15) is 4.98 Å². The van der Waals surface area contributed by atoms with E-state index in [9.17, 15) is 13.6 Å². The molecule has 0 N–H and O–H groups in total. The number of carbonyl (C=O) groups is 1. The molecular formula is C20H17F2N3O3. The molecule has 1 unspecified atom stereocenters. The highest BCUT2D eigenvalue weighted by Gasteiger charge is 2.35. The van der Waals surface area contributed by atoms with Gasteiger partial charge < -0.3 is 14.2 Å². The van der Waals surface area contributed by atoms with Crippen LogP contribution in [0.2, 0.25) is 0 Å². The summed E-state index contributed by atoms with van der Waals surface area (Å²) < 4.78 is 37.6. The molecule has 8 heteroatoms. The molecule has 28 heavy (non-hydrogen) atoms. The summed E-state index contributed by atoms with van der Waals surface area (Å²) in [6, 6.07) is 10.7. The molecule has 0 spiro atoms. The van der Waals surface area contributed by atoms with E-state index in [1.807, 2.05) is 31.2 Å². The Kier molecular flexibility index (Phi) is 4.77. The number of halogens is 2. The summed E-state index contributed by atoms with van der Waals surface area (Å²) in [6.07, 6.45) is 0.158. The summed E-state index contributed by atoms with van der Waals surface area (Å²) in [6.45, 7) is 2.64. The monoisotopic (exact) mass is 385 g/mol. The molecule has 0 bridgehead atoms. The Morgan fingerprint density at radius 3 is 2.82 bits per heavy atom. The summed E-state index contributed by atoms with van der Waals surface area (Å²) in [5, 5.41) is 4.02. The average molecular weight is 385 g/mol. The van der Waals surface area contributed by atoms with Crippen molar-refractivity contribution in [2.24, 2.45) is 0 Å². The van der Waals surface area contributed by atoms with Crippen LogP contribution in [0.4, 0.5) is 14.5 Å². The largest absolute Gasteiger partial charge is 0.493 e. The lowest BCUT2D eigenvalue weighted by Gasteiger charge is -2.16. The number of ether oxygens (including phenoxy) is 1. The minimum absolute atomic E-state index is 0.158. The van der Waals surface area contributed by atoms with Crippen molar-refractivity contribution in [3.8, 4) is 17.2 Å². The zero-order chi connectivity index (χ0) is 19.7. The number of rotatable bonds is 5. The van der Waals surface area contributed by atoms with E-state index in [1.165, 1.54) is 11.0 Å². The molecule has 1 aromatic heterocycles. The number of aromatic nitrogens is 2. The van der Waals surface area contributed by atoms with E-state index >= 15 is 0 Å². The van der Waals surface area contributed by atoms with E-state index in [-0.39, 0.29) is 24.8 Å². The molecule has 1 saturated heterocycles. The van der Waals surface area contributed by atoms with E-state index < -0.39 is 11.6 Å². The fourth-order valence-electron chi connectivity index (χ4n) is 3.22. The van der Waals surface area contributed by atoms with Gasteiger partial charge in [-0.05, 0) is 31.2 Å². The number of benzene rings is 2. The third kappa shape index (κ3) is 3.33. The van der Waals surface area contributed by atoms with Crippen molar-refractivity contribution in [3.05, 3.63) is 59.9 Å². The van der Waals surface area contributed by atoms with Crippen LogP contribution in [0, 0.1) is 11.6 Å². The predicted molar refractivity (Wildman–Crippen MR) is 97.0 cm³/mol. The highest BCUT2D eigenvalue weighted by molar-refractivity contribution is 5.96. The zero-order valence-corrected chi connectivity index (χ0v) is 15.1. The molecule has 0 aliphatic carbocycles. The van der Waals surface area contributed by atoms with Crippen molar-refractivity contribution in [2.75, 3.05) is 18.1 Å². The van der Waals surface area contributed by atoms with E-state index in [0.29, 0.717) is 35.3 Å². The van der Waals surface area contributed by atoms with Gasteiger partial charge >= 0.3 is 0 Å². The van der Waals surface area contributed by atoms with Crippen LogP contribution < -0.4 is 9.64 Å². The maximum Gasteiger partial charge on any atom is 0.261 e. The van der Waals surface area contributed by atoms with Crippen LogP contribution in [0.15, 0.2) is 47.0 Å². The highest BCUT2D eigenvalue weighted by Crippen LogP contribution is 2.34. The van der Waals surface area contributed by atoms with Gasteiger partial charge in [-0.15, -0.1) is 0 Å². The fraction of sp³-hybridized carbons (Fsp3) is 0.250. The number of amides is 1. The Bertz CT molecular complexity index is 1020. The lowest BCUT2D eigenvalue weighted by Crippen LogP contribution is -2.24. The SMILES string of the molecule is CCOc1ccccc1-c1nc(C2CC(=O)N(c3ccc(F)c(F)c3)C2)no1. The van der Waals surface area contributed by atoms with Crippen molar-refractivity contribution in [1.82, 2.24) is 10.1 Å². The summed E-state index contributed by atoms with van der Waals surface area (Å²) in [4.78, 5) is 18.2. The van der Waals surface area contributed by atoms with Crippen LogP contribution in [0.1, 0.15) is 25.1 Å². The summed E-state index contributed by atoms with van der Waals surface area (Å²) in [7, 11) is 0. The van der Waals surface area contributed by atoms with Gasteiger partial charge in [0.25, 0.3) is 5.89 Å². The van der Waals surface area contributed by atoms with Crippen LogP contribution in [-0.4, -0.2) is 29.2 Å². The molecule has 3 aromatic rings. The molecule has 144 valence electrons. The Morgan fingerprint density at radius 1 is 1.21 bits per heavy atom. The molecule has 6 nitrogen and oxygen atoms in total. The van der Waals surface area contributed by atoms with Gasteiger partial charge in [-0.1, -0.05) is 17.3 Å². The molecule has 1 fully saturated rings. The number of hydrogen-bond acceptors (Lipinski definition) is 5. The third-order valence-corrected chi connectivity index (χ3v) is 4.56. The topological polar surface area (TPSA) is 68.5 Å². The summed E-state index contributed by atoms with van der Waals surface area (Å²) in [5.74, 6) is -1.15. The second kappa shape index (κ2) is 7.38. The lowest BCUT2D eigenvalue weighted by atomic mass is 10.1. The van der Waals surface area contributed by atoms with Crippen molar-refractivity contribution in [3.63, 3.8) is 0 Å². The lowest BCUT2D eigenvalue weighted by molar-refractivity contribution is -0.117. The first-order chi connectivity index (χ1) is 13.6. The minimum Gasteiger partial charge on any atom is -0.493 e. The summed E-state index contributed by atoms with van der Waals surface area (Å²) in [5.41, 5.74) is 0.974. The molecule has 1 atom stereocenters. The molecular weight excluding hydrogens is 368 g/mol. The Morgan fingerprint density at radius 2 is 2.04 bits per heavy atom. The fourth-order valence-corrected chi connectivity index (χ4v) is 3.22. The Hall–Kier alpha value is -3.29. The second-order valence-corrected chi connectivity index (χ2v) is 6.39. The molecule has 1 amide bonds. The van der Waals surface area contributed by atoms with Crippen LogP contribution in [-0.2, 0) is 4.79 Å². The van der Waals surface area contributed by atoms with Gasteiger partial charge in [-0.25, -0.2) is 8.78 Å². The van der Waals surface area contributed by atoms with Crippen LogP contribution in [0.3, 0.4) is 0 Å². The summed E-state index contributed by atoms with van der Waals surface area (Å²) >= 11 is 0. The van der Waals surface area contributed by atoms with Crippen LogP contribution in [0.5, 0.6) is 5.75 Å². The third-order valence-electron chi connectivity index (χ3n) is 4.56. The molecule has 2 heterocycles. The van der Waals surface area contributed by atoms with E-state index in [0.717, 1.165) is 12.1 Å². The molecule has 1 aliphatic heterocycles. The van der Waals surface area contributed by atoms with E-state index in [2.05, 4.69) is 10.1 Å². The van der Waals surface area contributed by atoms with Crippen molar-refractivity contribution >= 4 is 11.6 Å². The van der Waals surface area contributed by atoms with Gasteiger partial charge in [0.2, 0.25) is 5.91 Å². The van der Waals surface area contributed by atoms with Crippen LogP contribution in [0.25, 0.3) is 11.5 Å². The van der Waals surface area contributed by atoms with E-state index in [1.54, 1.807) is 0 Å². The van der Waals surface area contributed by atoms with Crippen LogP contribution >= 0.6 is 0 Å². The first kappa shape index (κ1) is 18.1. The maximum absolute atomic E-state index is 13.5. The quantitative estimate of drug-likeness (QED) is 0.666. The molecule has 0 saturated carbocycles. The first-order valence-electron chi connectivity index (χ1n) is 8.88. The second-order valence-electron chi connectivity index (χ2n) is 6.39. The number of nitrogens with zero attached hydrogens (tertiary/aromatic N) is 3. The Balaban J connectivity index is 1.57. The van der Waals surface area contributed by atoms with Crippen molar-refractivity contribution in [2.45, 2.75) is 19.3 Å². The number of carbonyl (C=O) groups excluding carboxylic acids is 1. The average Bonchev–Trinajstić information content (AvgIpc) is 3.32. The van der Waals surface area contributed by atoms with Gasteiger partial charge in [0.15, 0.2) is 17.5 Å². The zero-order valence-electron chi connectivity index (χ0n) is 15.1. The van der Waals surface area contributed by atoms with Gasteiger partial charge in [0.1, 0.15) is 5.75 Å². The molecule has 1 aliphatic rings. The Labute approximate surface area is 159 Å². The smallest absolute Gasteiger partial charge is 0.261 e. The number of para-hydroxylation sites is 1. The van der Waals surface area contributed by atoms with Gasteiger partial charge in [0, 0.05) is 30.6 Å². The molecule has 4 rings (SSSR count). The van der Waals surface area contributed by atoms with E-state index in [4.69, 9.17) is 9.26 Å². The maximum atomic E-state index is 13.5. The predicted octanol–water partition coefficient (Wildman–Crippen LogP) is 3.93. The first-order valence-corrected chi connectivity index (χ1v) is 8.88.